The molecule has 1 aliphatic heterocycles. The second-order valence-electron chi connectivity index (χ2n) is 4.59. The molecule has 2 rings (SSSR count). The average molecular weight is 284 g/mol. The van der Waals surface area contributed by atoms with Gasteiger partial charge in [0, 0.05) is 12.1 Å². The number of carbonyl (C=O) groups excluding carboxylic acids is 2. The van der Waals surface area contributed by atoms with E-state index in [0.29, 0.717) is 0 Å². The molecule has 0 saturated carbocycles. The number of rotatable bonds is 2. The standard InChI is InChI=1S/C11H10ClN3O4/c1-11(2)9(16)14(10(17)13-11)8-4-3-6(15(18)19)5-7(8)12/h3-5H,1-2H3,(H,13,17). The molecule has 0 bridgehead atoms. The summed E-state index contributed by atoms with van der Waals surface area (Å²) in [6.45, 7) is 3.12. The molecule has 1 heterocycles. The molecule has 1 saturated heterocycles. The molecule has 0 aromatic heterocycles. The molecular formula is C11H10ClN3O4. The van der Waals surface area contributed by atoms with E-state index in [9.17, 15) is 19.7 Å². The molecule has 0 aliphatic carbocycles. The van der Waals surface area contributed by atoms with E-state index in [-0.39, 0.29) is 16.4 Å². The lowest BCUT2D eigenvalue weighted by molar-refractivity contribution is -0.384. The van der Waals surface area contributed by atoms with E-state index in [1.54, 1.807) is 13.8 Å². The van der Waals surface area contributed by atoms with E-state index in [1.807, 2.05) is 0 Å². The normalized spacial score (nSPS) is 17.5. The van der Waals surface area contributed by atoms with Gasteiger partial charge in [-0.2, -0.15) is 0 Å². The minimum atomic E-state index is -1.03. The maximum atomic E-state index is 12.1. The second kappa shape index (κ2) is 4.20. The van der Waals surface area contributed by atoms with E-state index in [1.165, 1.54) is 12.1 Å². The summed E-state index contributed by atoms with van der Waals surface area (Å²) in [5.41, 5.74) is -1.11. The van der Waals surface area contributed by atoms with Crippen LogP contribution in [0.15, 0.2) is 18.2 Å². The fourth-order valence-corrected chi connectivity index (χ4v) is 2.02. The first-order valence-electron chi connectivity index (χ1n) is 5.34. The van der Waals surface area contributed by atoms with Crippen LogP contribution in [0.4, 0.5) is 16.2 Å². The Morgan fingerprint density at radius 1 is 1.37 bits per heavy atom. The van der Waals surface area contributed by atoms with Gasteiger partial charge in [0.2, 0.25) is 0 Å². The Kier molecular flexibility index (Phi) is 2.94. The van der Waals surface area contributed by atoms with Gasteiger partial charge < -0.3 is 5.32 Å². The summed E-state index contributed by atoms with van der Waals surface area (Å²) in [7, 11) is 0. The monoisotopic (exact) mass is 283 g/mol. The van der Waals surface area contributed by atoms with Crippen molar-refractivity contribution in [2.45, 2.75) is 19.4 Å². The highest BCUT2D eigenvalue weighted by Gasteiger charge is 2.45. The van der Waals surface area contributed by atoms with Gasteiger partial charge in [-0.05, 0) is 19.9 Å². The highest BCUT2D eigenvalue weighted by atomic mass is 35.5. The Hall–Kier alpha value is -2.15. The average Bonchev–Trinajstić information content (AvgIpc) is 2.49. The minimum absolute atomic E-state index is 0.0320. The summed E-state index contributed by atoms with van der Waals surface area (Å²) in [6.07, 6.45) is 0. The summed E-state index contributed by atoms with van der Waals surface area (Å²) >= 11 is 5.90. The molecule has 8 heteroatoms. The molecule has 7 nitrogen and oxygen atoms in total. The fraction of sp³-hybridized carbons (Fsp3) is 0.273. The van der Waals surface area contributed by atoms with Crippen molar-refractivity contribution in [3.05, 3.63) is 33.3 Å². The van der Waals surface area contributed by atoms with Crippen molar-refractivity contribution in [3.63, 3.8) is 0 Å². The van der Waals surface area contributed by atoms with E-state index in [4.69, 9.17) is 11.6 Å². The van der Waals surface area contributed by atoms with Gasteiger partial charge in [-0.3, -0.25) is 14.9 Å². The number of nitro groups is 1. The molecule has 1 N–H and O–H groups in total. The van der Waals surface area contributed by atoms with Crippen LogP contribution in [0.2, 0.25) is 5.02 Å². The number of hydrogen-bond acceptors (Lipinski definition) is 4. The van der Waals surface area contributed by atoms with Gasteiger partial charge >= 0.3 is 6.03 Å². The third kappa shape index (κ3) is 2.12. The van der Waals surface area contributed by atoms with Gasteiger partial charge in [-0.15, -0.1) is 0 Å². The molecule has 1 aromatic carbocycles. The van der Waals surface area contributed by atoms with Crippen molar-refractivity contribution < 1.29 is 14.5 Å². The first-order valence-corrected chi connectivity index (χ1v) is 5.72. The molecule has 1 fully saturated rings. The van der Waals surface area contributed by atoms with Gasteiger partial charge in [0.25, 0.3) is 11.6 Å². The van der Waals surface area contributed by atoms with Crippen LogP contribution in [-0.2, 0) is 4.79 Å². The highest BCUT2D eigenvalue weighted by molar-refractivity contribution is 6.36. The molecule has 1 aromatic rings. The molecule has 1 aliphatic rings. The van der Waals surface area contributed by atoms with Gasteiger partial charge in [-0.25, -0.2) is 9.69 Å². The predicted molar refractivity (Wildman–Crippen MR) is 68.2 cm³/mol. The van der Waals surface area contributed by atoms with Crippen LogP contribution in [0, 0.1) is 10.1 Å². The topological polar surface area (TPSA) is 92.6 Å². The molecule has 0 atom stereocenters. The lowest BCUT2D eigenvalue weighted by Crippen LogP contribution is -2.40. The number of imide groups is 1. The van der Waals surface area contributed by atoms with Crippen LogP contribution in [0.3, 0.4) is 0 Å². The summed E-state index contributed by atoms with van der Waals surface area (Å²) in [6, 6.07) is 2.96. The molecule has 0 spiro atoms. The van der Waals surface area contributed by atoms with Crippen molar-refractivity contribution >= 4 is 34.9 Å². The zero-order chi connectivity index (χ0) is 14.4. The summed E-state index contributed by atoms with van der Waals surface area (Å²) < 4.78 is 0. The van der Waals surface area contributed by atoms with Crippen LogP contribution in [0.25, 0.3) is 0 Å². The number of anilines is 1. The smallest absolute Gasteiger partial charge is 0.323 e. The number of benzene rings is 1. The van der Waals surface area contributed by atoms with Crippen LogP contribution in [0.1, 0.15) is 13.8 Å². The Morgan fingerprint density at radius 3 is 2.42 bits per heavy atom. The van der Waals surface area contributed by atoms with Crippen LogP contribution < -0.4 is 10.2 Å². The van der Waals surface area contributed by atoms with Crippen LogP contribution in [-0.4, -0.2) is 22.4 Å². The molecular weight excluding hydrogens is 274 g/mol. The summed E-state index contributed by atoms with van der Waals surface area (Å²) in [5.74, 6) is -0.465. The first kappa shape index (κ1) is 13.3. The number of urea groups is 1. The summed E-state index contributed by atoms with van der Waals surface area (Å²) in [5, 5.41) is 13.1. The zero-order valence-electron chi connectivity index (χ0n) is 10.1. The number of nitro benzene ring substituents is 1. The lowest BCUT2D eigenvalue weighted by atomic mass is 10.1. The third-order valence-corrected chi connectivity index (χ3v) is 3.05. The molecule has 3 amide bonds. The van der Waals surface area contributed by atoms with Crippen LogP contribution in [0.5, 0.6) is 0 Å². The molecule has 0 radical (unpaired) electrons. The maximum absolute atomic E-state index is 12.1. The van der Waals surface area contributed by atoms with E-state index in [2.05, 4.69) is 5.32 Å². The summed E-state index contributed by atoms with van der Waals surface area (Å²) in [4.78, 5) is 34.7. The SMILES string of the molecule is CC1(C)NC(=O)N(c2ccc([N+](=O)[O-])cc2Cl)C1=O. The van der Waals surface area contributed by atoms with Gasteiger partial charge in [0.1, 0.15) is 5.54 Å². The fourth-order valence-electron chi connectivity index (χ4n) is 1.76. The second-order valence-corrected chi connectivity index (χ2v) is 5.00. The van der Waals surface area contributed by atoms with Crippen molar-refractivity contribution in [3.8, 4) is 0 Å². The third-order valence-electron chi connectivity index (χ3n) is 2.74. The van der Waals surface area contributed by atoms with Crippen LogP contribution >= 0.6 is 11.6 Å². The van der Waals surface area contributed by atoms with Crippen molar-refractivity contribution in [1.82, 2.24) is 5.32 Å². The zero-order valence-corrected chi connectivity index (χ0v) is 10.9. The maximum Gasteiger partial charge on any atom is 0.329 e. The molecule has 0 unspecified atom stereocenters. The number of hydrogen-bond donors (Lipinski definition) is 1. The Bertz CT molecular complexity index is 600. The predicted octanol–water partition coefficient (Wildman–Crippen LogP) is 2.08. The van der Waals surface area contributed by atoms with Crippen molar-refractivity contribution in [2.24, 2.45) is 0 Å². The number of amides is 3. The number of nitrogens with one attached hydrogen (secondary N) is 1. The van der Waals surface area contributed by atoms with Crippen molar-refractivity contribution in [1.29, 1.82) is 0 Å². The quantitative estimate of drug-likeness (QED) is 0.511. The lowest BCUT2D eigenvalue weighted by Gasteiger charge is -2.16. The van der Waals surface area contributed by atoms with Gasteiger partial charge in [0.15, 0.2) is 0 Å². The largest absolute Gasteiger partial charge is 0.329 e. The Labute approximate surface area is 113 Å². The van der Waals surface area contributed by atoms with Gasteiger partial charge in [0.05, 0.1) is 15.6 Å². The Balaban J connectivity index is 2.46. The van der Waals surface area contributed by atoms with E-state index >= 15 is 0 Å². The number of carbonyl (C=O) groups is 2. The number of non-ortho nitro benzene ring substituents is 1. The van der Waals surface area contributed by atoms with E-state index in [0.717, 1.165) is 11.0 Å². The van der Waals surface area contributed by atoms with Gasteiger partial charge in [-0.1, -0.05) is 11.6 Å². The molecule has 19 heavy (non-hydrogen) atoms. The minimum Gasteiger partial charge on any atom is -0.323 e. The number of halogens is 1. The number of nitrogens with zero attached hydrogens (tertiary/aromatic N) is 2. The molecule has 100 valence electrons. The highest BCUT2D eigenvalue weighted by Crippen LogP contribution is 2.33. The first-order chi connectivity index (χ1) is 8.74. The van der Waals surface area contributed by atoms with Crippen molar-refractivity contribution in [2.75, 3.05) is 4.90 Å². The Morgan fingerprint density at radius 2 is 2.00 bits per heavy atom. The van der Waals surface area contributed by atoms with E-state index < -0.39 is 22.4 Å².